The summed E-state index contributed by atoms with van der Waals surface area (Å²) in [6.45, 7) is 1.93. The van der Waals surface area contributed by atoms with Crippen LogP contribution in [0.1, 0.15) is 24.8 Å². The van der Waals surface area contributed by atoms with E-state index in [9.17, 15) is 14.9 Å². The van der Waals surface area contributed by atoms with Crippen molar-refractivity contribution in [2.24, 2.45) is 0 Å². The molecule has 2 aromatic rings. The summed E-state index contributed by atoms with van der Waals surface area (Å²) in [5, 5.41) is 13.2. The second-order valence-corrected chi connectivity index (χ2v) is 4.52. The first-order valence-electron chi connectivity index (χ1n) is 6.58. The van der Waals surface area contributed by atoms with E-state index in [1.54, 1.807) is 0 Å². The molecule has 6 heteroatoms. The lowest BCUT2D eigenvalue weighted by molar-refractivity contribution is -0.385. The van der Waals surface area contributed by atoms with Gasteiger partial charge < -0.3 is 5.32 Å². The number of nitro groups is 1. The maximum atomic E-state index is 12.3. The fourth-order valence-corrected chi connectivity index (χ4v) is 2.04. The van der Waals surface area contributed by atoms with Crippen molar-refractivity contribution >= 4 is 17.4 Å². The van der Waals surface area contributed by atoms with Gasteiger partial charge in [0.2, 0.25) is 5.91 Å². The summed E-state index contributed by atoms with van der Waals surface area (Å²) < 4.78 is 0. The van der Waals surface area contributed by atoms with E-state index < -0.39 is 4.92 Å². The first kappa shape index (κ1) is 14.6. The number of anilines is 1. The van der Waals surface area contributed by atoms with Crippen LogP contribution in [0.5, 0.6) is 0 Å². The predicted octanol–water partition coefficient (Wildman–Crippen LogP) is 3.12. The molecule has 2 rings (SSSR count). The number of aromatic nitrogens is 1. The smallest absolute Gasteiger partial charge is 0.287 e. The molecule has 0 spiro atoms. The molecule has 0 aliphatic heterocycles. The average Bonchev–Trinajstić information content (AvgIpc) is 2.49. The lowest BCUT2D eigenvalue weighted by Crippen LogP contribution is -2.21. The Bertz CT molecular complexity index is 626. The van der Waals surface area contributed by atoms with Crippen LogP contribution in [0.2, 0.25) is 0 Å². The van der Waals surface area contributed by atoms with E-state index in [-0.39, 0.29) is 17.5 Å². The van der Waals surface area contributed by atoms with Crippen molar-refractivity contribution in [3.63, 3.8) is 0 Å². The van der Waals surface area contributed by atoms with Crippen molar-refractivity contribution < 1.29 is 9.72 Å². The van der Waals surface area contributed by atoms with E-state index in [4.69, 9.17) is 0 Å². The van der Waals surface area contributed by atoms with Gasteiger partial charge in [0.15, 0.2) is 0 Å². The molecule has 0 bridgehead atoms. The summed E-state index contributed by atoms with van der Waals surface area (Å²) in [6.07, 6.45) is 1.78. The molecule has 0 saturated heterocycles. The molecule has 1 aromatic carbocycles. The Morgan fingerprint density at radius 1 is 1.29 bits per heavy atom. The zero-order valence-corrected chi connectivity index (χ0v) is 11.5. The minimum Gasteiger partial charge on any atom is -0.310 e. The number of amides is 1. The summed E-state index contributed by atoms with van der Waals surface area (Å²) >= 11 is 0. The Balaban J connectivity index is 2.11. The number of pyridine rings is 1. The van der Waals surface area contributed by atoms with E-state index in [1.807, 2.05) is 37.3 Å². The molecule has 1 amide bonds. The maximum Gasteiger partial charge on any atom is 0.287 e. The summed E-state index contributed by atoms with van der Waals surface area (Å²) in [5.41, 5.74) is 0.822. The fourth-order valence-electron chi connectivity index (χ4n) is 2.04. The molecular formula is C15H15N3O3. The van der Waals surface area contributed by atoms with Crippen LogP contribution in [-0.2, 0) is 4.79 Å². The van der Waals surface area contributed by atoms with Gasteiger partial charge in [-0.05, 0) is 18.1 Å². The Hall–Kier alpha value is -2.76. The number of hydrogen-bond acceptors (Lipinski definition) is 4. The number of nitrogens with zero attached hydrogens (tertiary/aromatic N) is 2. The van der Waals surface area contributed by atoms with Crippen LogP contribution in [0.4, 0.5) is 11.5 Å². The lowest BCUT2D eigenvalue weighted by atomic mass is 9.96. The van der Waals surface area contributed by atoms with Crippen LogP contribution in [0, 0.1) is 10.1 Å². The molecule has 0 radical (unpaired) electrons. The predicted molar refractivity (Wildman–Crippen MR) is 79.0 cm³/mol. The van der Waals surface area contributed by atoms with Crippen LogP contribution in [-0.4, -0.2) is 15.8 Å². The van der Waals surface area contributed by atoms with Gasteiger partial charge in [-0.15, -0.1) is 0 Å². The molecule has 1 heterocycles. The molecule has 6 nitrogen and oxygen atoms in total. The van der Waals surface area contributed by atoms with E-state index >= 15 is 0 Å². The molecule has 0 unspecified atom stereocenters. The van der Waals surface area contributed by atoms with Crippen LogP contribution >= 0.6 is 0 Å². The summed E-state index contributed by atoms with van der Waals surface area (Å²) in [4.78, 5) is 26.2. The molecule has 0 aliphatic rings. The van der Waals surface area contributed by atoms with Gasteiger partial charge in [-0.1, -0.05) is 37.3 Å². The van der Waals surface area contributed by atoms with Crippen LogP contribution in [0.15, 0.2) is 48.7 Å². The quantitative estimate of drug-likeness (QED) is 0.675. The monoisotopic (exact) mass is 285 g/mol. The molecular weight excluding hydrogens is 270 g/mol. The second-order valence-electron chi connectivity index (χ2n) is 4.52. The van der Waals surface area contributed by atoms with Gasteiger partial charge in [0.05, 0.1) is 10.8 Å². The van der Waals surface area contributed by atoms with Gasteiger partial charge in [-0.3, -0.25) is 14.9 Å². The van der Waals surface area contributed by atoms with Crippen molar-refractivity contribution in [2.75, 3.05) is 5.32 Å². The molecule has 0 aliphatic carbocycles. The number of carbonyl (C=O) groups is 1. The molecule has 21 heavy (non-hydrogen) atoms. The van der Waals surface area contributed by atoms with Crippen LogP contribution in [0.3, 0.4) is 0 Å². The van der Waals surface area contributed by atoms with E-state index in [2.05, 4.69) is 10.3 Å². The van der Waals surface area contributed by atoms with Crippen molar-refractivity contribution in [1.29, 1.82) is 0 Å². The van der Waals surface area contributed by atoms with Crippen molar-refractivity contribution in [3.05, 3.63) is 64.3 Å². The second kappa shape index (κ2) is 6.60. The van der Waals surface area contributed by atoms with Gasteiger partial charge in [0.1, 0.15) is 12.0 Å². The summed E-state index contributed by atoms with van der Waals surface area (Å²) in [7, 11) is 0. The minimum atomic E-state index is -0.530. The first-order chi connectivity index (χ1) is 10.1. The average molecular weight is 285 g/mol. The third-order valence-electron chi connectivity index (χ3n) is 3.14. The van der Waals surface area contributed by atoms with Crippen molar-refractivity contribution in [1.82, 2.24) is 4.98 Å². The third kappa shape index (κ3) is 3.62. The number of benzene rings is 1. The highest BCUT2D eigenvalue weighted by molar-refractivity contribution is 5.95. The van der Waals surface area contributed by atoms with E-state index in [0.29, 0.717) is 12.2 Å². The SMILES string of the molecule is CC[C@@H](C(=O)Nc1ccc([N+](=O)[O-])cn1)c1ccccc1. The van der Waals surface area contributed by atoms with Crippen molar-refractivity contribution in [3.8, 4) is 0 Å². The zero-order chi connectivity index (χ0) is 15.2. The first-order valence-corrected chi connectivity index (χ1v) is 6.58. The number of rotatable bonds is 5. The van der Waals surface area contributed by atoms with Gasteiger partial charge >= 0.3 is 0 Å². The van der Waals surface area contributed by atoms with Crippen molar-refractivity contribution in [2.45, 2.75) is 19.3 Å². The highest BCUT2D eigenvalue weighted by Gasteiger charge is 2.19. The highest BCUT2D eigenvalue weighted by Crippen LogP contribution is 2.21. The molecule has 0 fully saturated rings. The van der Waals surface area contributed by atoms with Gasteiger partial charge in [-0.25, -0.2) is 4.98 Å². The largest absolute Gasteiger partial charge is 0.310 e. The van der Waals surface area contributed by atoms with Gasteiger partial charge in [0.25, 0.3) is 5.69 Å². The number of carbonyl (C=O) groups excluding carboxylic acids is 1. The third-order valence-corrected chi connectivity index (χ3v) is 3.14. The van der Waals surface area contributed by atoms with E-state index in [0.717, 1.165) is 11.8 Å². The topological polar surface area (TPSA) is 85.1 Å². The van der Waals surface area contributed by atoms with Crippen LogP contribution < -0.4 is 5.32 Å². The van der Waals surface area contributed by atoms with Crippen LogP contribution in [0.25, 0.3) is 0 Å². The molecule has 0 saturated carbocycles. The molecule has 1 N–H and O–H groups in total. The molecule has 1 aromatic heterocycles. The van der Waals surface area contributed by atoms with Gasteiger partial charge in [-0.2, -0.15) is 0 Å². The Morgan fingerprint density at radius 3 is 2.52 bits per heavy atom. The Kier molecular flexibility index (Phi) is 4.61. The van der Waals surface area contributed by atoms with E-state index in [1.165, 1.54) is 12.1 Å². The summed E-state index contributed by atoms with van der Waals surface area (Å²) in [6, 6.07) is 12.2. The molecule has 108 valence electrons. The molecule has 1 atom stereocenters. The Morgan fingerprint density at radius 2 is 2.00 bits per heavy atom. The number of hydrogen-bond donors (Lipinski definition) is 1. The maximum absolute atomic E-state index is 12.3. The minimum absolute atomic E-state index is 0.108. The normalized spacial score (nSPS) is 11.7. The van der Waals surface area contributed by atoms with Gasteiger partial charge in [0, 0.05) is 6.07 Å². The standard InChI is InChI=1S/C15H15N3O3/c1-2-13(11-6-4-3-5-7-11)15(19)17-14-9-8-12(10-16-14)18(20)21/h3-10,13H,2H2,1H3,(H,16,17,19)/t13-/m1/s1. The zero-order valence-electron chi connectivity index (χ0n) is 11.5. The lowest BCUT2D eigenvalue weighted by Gasteiger charge is -2.14. The highest BCUT2D eigenvalue weighted by atomic mass is 16.6. The fraction of sp³-hybridized carbons (Fsp3) is 0.200. The number of nitrogens with one attached hydrogen (secondary N) is 1. The summed E-state index contributed by atoms with van der Waals surface area (Å²) in [5.74, 6) is -0.145. The Labute approximate surface area is 122 Å².